The van der Waals surface area contributed by atoms with Gasteiger partial charge in [0.15, 0.2) is 0 Å². The minimum Gasteiger partial charge on any atom is -0.772 e. The molecule has 1 fully saturated rings. The van der Waals surface area contributed by atoms with Crippen LogP contribution in [0.1, 0.15) is 12.8 Å². The van der Waals surface area contributed by atoms with Gasteiger partial charge in [0, 0.05) is 5.25 Å². The first-order valence-corrected chi connectivity index (χ1v) is 4.67. The average Bonchev–Trinajstić information content (AvgIpc) is 2.44. The summed E-state index contributed by atoms with van der Waals surface area (Å²) >= 11 is -1.84. The second kappa shape index (κ2) is 4.13. The van der Waals surface area contributed by atoms with Gasteiger partial charge < -0.3 is 4.55 Å². The van der Waals surface area contributed by atoms with E-state index in [0.717, 1.165) is 12.8 Å². The van der Waals surface area contributed by atoms with E-state index < -0.39 is 11.1 Å². The zero-order chi connectivity index (χ0) is 7.14. The minimum absolute atomic E-state index is 0. The van der Waals surface area contributed by atoms with Crippen molar-refractivity contribution in [3.63, 3.8) is 0 Å². The standard InChI is InChI=1S/C7H10O2S.K/c8-10(9)7-4-5-1-2-6(7)3-5;/h1-2,5-7H,3-4H2,(H,8,9);/q;+1/p-1. The Morgan fingerprint density at radius 1 is 1.36 bits per heavy atom. The molecule has 2 rings (SSSR count). The molecule has 0 aromatic rings. The summed E-state index contributed by atoms with van der Waals surface area (Å²) in [5.74, 6) is 0.899. The van der Waals surface area contributed by atoms with E-state index in [1.807, 2.05) is 0 Å². The van der Waals surface area contributed by atoms with Gasteiger partial charge in [-0.3, -0.25) is 4.21 Å². The van der Waals surface area contributed by atoms with Gasteiger partial charge in [-0.25, -0.2) is 0 Å². The molecule has 0 saturated heterocycles. The SMILES string of the molecule is O=S([O-])C1CC2C=CC1C2.[K+]. The molecule has 0 aliphatic heterocycles. The summed E-state index contributed by atoms with van der Waals surface area (Å²) in [5.41, 5.74) is 0. The Hall–Kier alpha value is 1.49. The number of rotatable bonds is 1. The number of fused-ring (bicyclic) bond motifs is 2. The summed E-state index contributed by atoms with van der Waals surface area (Å²) in [6.07, 6.45) is 6.12. The molecule has 11 heavy (non-hydrogen) atoms. The molecule has 2 aliphatic rings. The zero-order valence-corrected chi connectivity index (χ0v) is 10.5. The maximum atomic E-state index is 10.6. The van der Waals surface area contributed by atoms with Crippen molar-refractivity contribution in [1.82, 2.24) is 0 Å². The molecule has 0 amide bonds. The average molecular weight is 196 g/mol. The summed E-state index contributed by atoms with van der Waals surface area (Å²) in [6, 6.07) is 0. The zero-order valence-electron chi connectivity index (χ0n) is 6.53. The first kappa shape index (κ1) is 10.6. The molecule has 4 atom stereocenters. The molecule has 1 saturated carbocycles. The quantitative estimate of drug-likeness (QED) is 0.272. The Kier molecular flexibility index (Phi) is 3.97. The van der Waals surface area contributed by atoms with Gasteiger partial charge in [-0.2, -0.15) is 0 Å². The van der Waals surface area contributed by atoms with E-state index in [0.29, 0.717) is 11.8 Å². The fraction of sp³-hybridized carbons (Fsp3) is 0.714. The largest absolute Gasteiger partial charge is 1.00 e. The van der Waals surface area contributed by atoms with Crippen LogP contribution in [-0.2, 0) is 11.1 Å². The number of hydrogen-bond donors (Lipinski definition) is 0. The monoisotopic (exact) mass is 196 g/mol. The molecule has 4 unspecified atom stereocenters. The van der Waals surface area contributed by atoms with Crippen LogP contribution >= 0.6 is 0 Å². The maximum Gasteiger partial charge on any atom is 1.00 e. The van der Waals surface area contributed by atoms with E-state index >= 15 is 0 Å². The molecule has 0 aromatic heterocycles. The summed E-state index contributed by atoms with van der Waals surface area (Å²) in [4.78, 5) is 0. The minimum atomic E-state index is -1.84. The van der Waals surface area contributed by atoms with Crippen LogP contribution in [0.3, 0.4) is 0 Å². The smallest absolute Gasteiger partial charge is 0.772 e. The van der Waals surface area contributed by atoms with Crippen molar-refractivity contribution >= 4 is 11.1 Å². The van der Waals surface area contributed by atoms with Gasteiger partial charge >= 0.3 is 51.4 Å². The molecular weight excluding hydrogens is 187 g/mol. The van der Waals surface area contributed by atoms with Crippen LogP contribution in [0.4, 0.5) is 0 Å². The maximum absolute atomic E-state index is 10.6. The van der Waals surface area contributed by atoms with Gasteiger partial charge in [-0.05, 0) is 24.7 Å². The van der Waals surface area contributed by atoms with Crippen LogP contribution in [-0.4, -0.2) is 14.0 Å². The van der Waals surface area contributed by atoms with E-state index in [1.165, 1.54) is 0 Å². The summed E-state index contributed by atoms with van der Waals surface area (Å²) in [5, 5.41) is -0.0741. The fourth-order valence-electron chi connectivity index (χ4n) is 1.95. The van der Waals surface area contributed by atoms with Crippen molar-refractivity contribution in [2.75, 3.05) is 0 Å². The summed E-state index contributed by atoms with van der Waals surface area (Å²) < 4.78 is 21.1. The predicted octanol–water partition coefficient (Wildman–Crippen LogP) is -2.17. The van der Waals surface area contributed by atoms with Crippen LogP contribution in [0.15, 0.2) is 12.2 Å². The molecule has 4 heteroatoms. The third kappa shape index (κ3) is 2.04. The van der Waals surface area contributed by atoms with Crippen molar-refractivity contribution in [2.45, 2.75) is 18.1 Å². The Balaban J connectivity index is 0.000000605. The van der Waals surface area contributed by atoms with Crippen molar-refractivity contribution in [3.8, 4) is 0 Å². The summed E-state index contributed by atoms with van der Waals surface area (Å²) in [6.45, 7) is 0. The number of allylic oxidation sites excluding steroid dienone is 2. The van der Waals surface area contributed by atoms with Crippen LogP contribution in [0.2, 0.25) is 0 Å². The van der Waals surface area contributed by atoms with Gasteiger partial charge in [0.05, 0.1) is 0 Å². The molecule has 0 N–H and O–H groups in total. The molecule has 2 bridgehead atoms. The van der Waals surface area contributed by atoms with Crippen molar-refractivity contribution in [3.05, 3.63) is 12.2 Å². The molecule has 2 nitrogen and oxygen atoms in total. The van der Waals surface area contributed by atoms with Crippen LogP contribution in [0.25, 0.3) is 0 Å². The van der Waals surface area contributed by atoms with E-state index in [1.54, 1.807) is 0 Å². The molecule has 0 heterocycles. The Bertz CT molecular complexity index is 205. The van der Waals surface area contributed by atoms with E-state index in [-0.39, 0.29) is 56.6 Å². The van der Waals surface area contributed by atoms with Gasteiger partial charge in [0.25, 0.3) is 0 Å². The molecular formula is C7H9KO2S. The van der Waals surface area contributed by atoms with Crippen molar-refractivity contribution in [1.29, 1.82) is 0 Å². The molecule has 56 valence electrons. The fourth-order valence-corrected chi connectivity index (χ4v) is 2.84. The second-order valence-corrected chi connectivity index (χ2v) is 4.21. The van der Waals surface area contributed by atoms with Gasteiger partial charge in [0.1, 0.15) is 0 Å². The third-order valence-corrected chi connectivity index (χ3v) is 3.50. The van der Waals surface area contributed by atoms with Crippen molar-refractivity contribution in [2.24, 2.45) is 11.8 Å². The first-order valence-electron chi connectivity index (χ1n) is 3.54. The molecule has 0 radical (unpaired) electrons. The van der Waals surface area contributed by atoms with Crippen LogP contribution in [0, 0.1) is 11.8 Å². The van der Waals surface area contributed by atoms with Crippen LogP contribution in [0.5, 0.6) is 0 Å². The van der Waals surface area contributed by atoms with Gasteiger partial charge in [-0.1, -0.05) is 23.2 Å². The Morgan fingerprint density at radius 2 is 2.09 bits per heavy atom. The van der Waals surface area contributed by atoms with E-state index in [4.69, 9.17) is 0 Å². The summed E-state index contributed by atoms with van der Waals surface area (Å²) in [7, 11) is 0. The first-order chi connectivity index (χ1) is 4.77. The van der Waals surface area contributed by atoms with Gasteiger partial charge in [0.2, 0.25) is 0 Å². The topological polar surface area (TPSA) is 40.1 Å². The van der Waals surface area contributed by atoms with E-state index in [2.05, 4.69) is 12.2 Å². The Morgan fingerprint density at radius 3 is 2.36 bits per heavy atom. The normalized spacial score (nSPS) is 42.1. The number of hydrogen-bond acceptors (Lipinski definition) is 2. The molecule has 0 aromatic carbocycles. The predicted molar refractivity (Wildman–Crippen MR) is 38.1 cm³/mol. The van der Waals surface area contributed by atoms with Crippen molar-refractivity contribution < 1.29 is 60.1 Å². The third-order valence-electron chi connectivity index (χ3n) is 2.47. The molecule has 0 spiro atoms. The van der Waals surface area contributed by atoms with Gasteiger partial charge in [-0.15, -0.1) is 0 Å². The second-order valence-electron chi connectivity index (χ2n) is 3.08. The van der Waals surface area contributed by atoms with E-state index in [9.17, 15) is 8.76 Å². The Labute approximate surface area is 112 Å². The molecule has 2 aliphatic carbocycles. The van der Waals surface area contributed by atoms with Crippen LogP contribution < -0.4 is 51.4 Å².